The zero-order valence-corrected chi connectivity index (χ0v) is 12.1. The van der Waals surface area contributed by atoms with Crippen molar-refractivity contribution in [2.75, 3.05) is 26.3 Å². The summed E-state index contributed by atoms with van der Waals surface area (Å²) in [6.07, 6.45) is 7.51. The van der Waals surface area contributed by atoms with E-state index in [1.807, 2.05) is 0 Å². The highest BCUT2D eigenvalue weighted by molar-refractivity contribution is 5.64. The average molecular weight is 282 g/mol. The van der Waals surface area contributed by atoms with Crippen LogP contribution in [0.1, 0.15) is 38.5 Å². The van der Waals surface area contributed by atoms with Crippen molar-refractivity contribution in [2.45, 2.75) is 44.1 Å². The van der Waals surface area contributed by atoms with E-state index in [1.165, 1.54) is 38.5 Å². The maximum atomic E-state index is 10.3. The van der Waals surface area contributed by atoms with E-state index in [-0.39, 0.29) is 0 Å². The fourth-order valence-corrected chi connectivity index (χ4v) is 5.05. The Hall–Kier alpha value is -0.810. The van der Waals surface area contributed by atoms with Crippen LogP contribution in [-0.2, 0) is 4.74 Å². The minimum Gasteiger partial charge on any atom is -0.465 e. The third-order valence-electron chi connectivity index (χ3n) is 5.31. The van der Waals surface area contributed by atoms with Crippen LogP contribution >= 0.6 is 0 Å². The van der Waals surface area contributed by atoms with Gasteiger partial charge in [0.15, 0.2) is 0 Å². The second-order valence-electron chi connectivity index (χ2n) is 6.97. The van der Waals surface area contributed by atoms with Crippen LogP contribution in [-0.4, -0.2) is 43.0 Å². The van der Waals surface area contributed by atoms with Gasteiger partial charge in [0.2, 0.25) is 0 Å². The third kappa shape index (κ3) is 3.26. The molecule has 4 bridgehead atoms. The van der Waals surface area contributed by atoms with E-state index >= 15 is 0 Å². The first-order chi connectivity index (χ1) is 9.65. The summed E-state index contributed by atoms with van der Waals surface area (Å²) in [4.78, 5) is 10.3. The largest absolute Gasteiger partial charge is 0.465 e. The molecule has 4 saturated carbocycles. The van der Waals surface area contributed by atoms with Gasteiger partial charge in [-0.2, -0.15) is 0 Å². The number of ether oxygens (including phenoxy) is 1. The topological polar surface area (TPSA) is 70.6 Å². The molecule has 114 valence electrons. The first kappa shape index (κ1) is 14.1. The van der Waals surface area contributed by atoms with E-state index in [1.54, 1.807) is 0 Å². The van der Waals surface area contributed by atoms with Crippen molar-refractivity contribution in [1.82, 2.24) is 10.6 Å². The first-order valence-corrected chi connectivity index (χ1v) is 7.95. The predicted octanol–water partition coefficient (Wildman–Crippen LogP) is 1.83. The zero-order chi connectivity index (χ0) is 14.0. The molecule has 0 spiro atoms. The monoisotopic (exact) mass is 282 g/mol. The Kier molecular flexibility index (Phi) is 4.17. The van der Waals surface area contributed by atoms with Gasteiger partial charge in [0.05, 0.1) is 13.2 Å². The highest BCUT2D eigenvalue weighted by atomic mass is 16.5. The number of rotatable bonds is 7. The summed E-state index contributed by atoms with van der Waals surface area (Å²) in [5.74, 6) is 2.90. The molecule has 5 heteroatoms. The van der Waals surface area contributed by atoms with Crippen molar-refractivity contribution < 1.29 is 14.6 Å². The highest BCUT2D eigenvalue weighted by Crippen LogP contribution is 2.55. The molecule has 1 amide bonds. The Balaban J connectivity index is 1.33. The molecule has 0 aromatic heterocycles. The summed E-state index contributed by atoms with van der Waals surface area (Å²) in [6, 6.07) is 0. The van der Waals surface area contributed by atoms with Crippen LogP contribution < -0.4 is 10.6 Å². The Morgan fingerprint density at radius 3 is 2.15 bits per heavy atom. The SMILES string of the molecule is O=C(O)NCCOCCNC12CC3CC(CC(C3)C1)C2. The predicted molar refractivity (Wildman–Crippen MR) is 75.8 cm³/mol. The Bertz CT molecular complexity index is 324. The lowest BCUT2D eigenvalue weighted by Crippen LogP contribution is -2.58. The van der Waals surface area contributed by atoms with Gasteiger partial charge in [0, 0.05) is 18.6 Å². The Morgan fingerprint density at radius 1 is 1.05 bits per heavy atom. The fraction of sp³-hybridized carbons (Fsp3) is 0.933. The van der Waals surface area contributed by atoms with E-state index in [9.17, 15) is 4.79 Å². The van der Waals surface area contributed by atoms with Crippen LogP contribution in [0.4, 0.5) is 4.79 Å². The Labute approximate surface area is 120 Å². The minimum absolute atomic E-state index is 0.368. The zero-order valence-electron chi connectivity index (χ0n) is 12.1. The lowest BCUT2D eigenvalue weighted by Gasteiger charge is -2.57. The van der Waals surface area contributed by atoms with Gasteiger partial charge in [0.1, 0.15) is 0 Å². The number of hydrogen-bond acceptors (Lipinski definition) is 3. The van der Waals surface area contributed by atoms with Crippen molar-refractivity contribution in [2.24, 2.45) is 17.8 Å². The van der Waals surface area contributed by atoms with E-state index in [0.29, 0.717) is 25.3 Å². The Morgan fingerprint density at radius 2 is 1.60 bits per heavy atom. The molecule has 0 radical (unpaired) electrons. The van der Waals surface area contributed by atoms with Gasteiger partial charge >= 0.3 is 6.09 Å². The van der Waals surface area contributed by atoms with Gasteiger partial charge in [-0.1, -0.05) is 0 Å². The quantitative estimate of drug-likeness (QED) is 0.623. The molecule has 0 atom stereocenters. The van der Waals surface area contributed by atoms with Crippen LogP contribution in [0.3, 0.4) is 0 Å². The van der Waals surface area contributed by atoms with E-state index in [4.69, 9.17) is 9.84 Å². The third-order valence-corrected chi connectivity index (χ3v) is 5.31. The van der Waals surface area contributed by atoms with Crippen LogP contribution in [0, 0.1) is 17.8 Å². The molecule has 20 heavy (non-hydrogen) atoms. The van der Waals surface area contributed by atoms with Crippen LogP contribution in [0.2, 0.25) is 0 Å². The van der Waals surface area contributed by atoms with Gasteiger partial charge in [-0.15, -0.1) is 0 Å². The van der Waals surface area contributed by atoms with Crippen molar-refractivity contribution in [3.8, 4) is 0 Å². The molecule has 0 unspecified atom stereocenters. The average Bonchev–Trinajstić information content (AvgIpc) is 2.35. The van der Waals surface area contributed by atoms with Crippen molar-refractivity contribution in [3.05, 3.63) is 0 Å². The van der Waals surface area contributed by atoms with Gasteiger partial charge in [0.25, 0.3) is 0 Å². The van der Waals surface area contributed by atoms with Crippen LogP contribution in [0.5, 0.6) is 0 Å². The number of amides is 1. The molecule has 0 aromatic rings. The molecule has 4 fully saturated rings. The second-order valence-corrected chi connectivity index (χ2v) is 6.97. The summed E-state index contributed by atoms with van der Waals surface area (Å²) in [7, 11) is 0. The van der Waals surface area contributed by atoms with E-state index < -0.39 is 6.09 Å². The summed E-state index contributed by atoms with van der Waals surface area (Å²) in [5, 5.41) is 14.5. The molecule has 4 aliphatic rings. The molecule has 0 aliphatic heterocycles. The van der Waals surface area contributed by atoms with Gasteiger partial charge in [-0.25, -0.2) is 4.79 Å². The number of hydrogen-bond donors (Lipinski definition) is 3. The molecule has 0 aromatic carbocycles. The summed E-state index contributed by atoms with van der Waals surface area (Å²) in [6.45, 7) is 2.38. The van der Waals surface area contributed by atoms with Gasteiger partial charge < -0.3 is 20.5 Å². The summed E-state index contributed by atoms with van der Waals surface area (Å²) in [5.41, 5.74) is 0.400. The molecule has 3 N–H and O–H groups in total. The lowest BCUT2D eigenvalue weighted by molar-refractivity contribution is -0.0227. The fourth-order valence-electron chi connectivity index (χ4n) is 5.05. The lowest BCUT2D eigenvalue weighted by atomic mass is 9.53. The molecule has 4 rings (SSSR count). The van der Waals surface area contributed by atoms with Gasteiger partial charge in [-0.05, 0) is 56.3 Å². The van der Waals surface area contributed by atoms with Crippen molar-refractivity contribution in [1.29, 1.82) is 0 Å². The summed E-state index contributed by atoms with van der Waals surface area (Å²) >= 11 is 0. The maximum absolute atomic E-state index is 10.3. The molecule has 0 saturated heterocycles. The first-order valence-electron chi connectivity index (χ1n) is 7.95. The van der Waals surface area contributed by atoms with Gasteiger partial charge in [-0.3, -0.25) is 0 Å². The van der Waals surface area contributed by atoms with Crippen LogP contribution in [0.15, 0.2) is 0 Å². The second kappa shape index (κ2) is 5.90. The number of nitrogens with one attached hydrogen (secondary N) is 2. The minimum atomic E-state index is -0.986. The van der Waals surface area contributed by atoms with Crippen molar-refractivity contribution in [3.63, 3.8) is 0 Å². The van der Waals surface area contributed by atoms with E-state index in [2.05, 4.69) is 10.6 Å². The molecular weight excluding hydrogens is 256 g/mol. The normalized spacial score (nSPS) is 38.1. The summed E-state index contributed by atoms with van der Waals surface area (Å²) < 4.78 is 5.46. The van der Waals surface area contributed by atoms with E-state index in [0.717, 1.165) is 24.3 Å². The van der Waals surface area contributed by atoms with Crippen molar-refractivity contribution >= 4 is 6.09 Å². The van der Waals surface area contributed by atoms with Crippen LogP contribution in [0.25, 0.3) is 0 Å². The molecule has 4 aliphatic carbocycles. The highest BCUT2D eigenvalue weighted by Gasteiger charge is 2.50. The molecule has 5 nitrogen and oxygen atoms in total. The molecular formula is C15H26N2O3. The maximum Gasteiger partial charge on any atom is 0.404 e. The molecule has 0 heterocycles. The smallest absolute Gasteiger partial charge is 0.404 e. The standard InChI is InChI=1S/C15H26N2O3/c18-14(19)16-1-3-20-4-2-17-15-8-11-5-12(9-15)7-13(6-11)10-15/h11-13,16-17H,1-10H2,(H,18,19). The number of carbonyl (C=O) groups is 1. The number of carboxylic acid groups (broad SMARTS) is 1.